The van der Waals surface area contributed by atoms with Crippen LogP contribution in [0.15, 0.2) is 54.9 Å². The summed E-state index contributed by atoms with van der Waals surface area (Å²) in [5, 5.41) is 20.4. The summed E-state index contributed by atoms with van der Waals surface area (Å²) in [7, 11) is 0. The Labute approximate surface area is 170 Å². The normalized spacial score (nSPS) is 13.1. The van der Waals surface area contributed by atoms with Gasteiger partial charge in [-0.2, -0.15) is 0 Å². The van der Waals surface area contributed by atoms with Crippen LogP contribution in [0.4, 0.5) is 0 Å². The lowest BCUT2D eigenvalue weighted by Gasteiger charge is -2.16. The van der Waals surface area contributed by atoms with E-state index in [9.17, 15) is 10.2 Å². The minimum atomic E-state index is -0.747. The molecule has 0 aliphatic rings. The van der Waals surface area contributed by atoms with E-state index < -0.39 is 6.10 Å². The molecule has 152 valence electrons. The highest BCUT2D eigenvalue weighted by Crippen LogP contribution is 2.31. The zero-order chi connectivity index (χ0) is 20.6. The molecule has 7 heteroatoms. The van der Waals surface area contributed by atoms with E-state index >= 15 is 0 Å². The number of aromatic hydroxyl groups is 1. The van der Waals surface area contributed by atoms with E-state index in [1.54, 1.807) is 12.1 Å². The zero-order valence-corrected chi connectivity index (χ0v) is 16.5. The van der Waals surface area contributed by atoms with E-state index in [4.69, 9.17) is 9.47 Å². The van der Waals surface area contributed by atoms with E-state index in [0.29, 0.717) is 23.0 Å². The number of ether oxygens (including phenoxy) is 2. The molecular weight excluding hydrogens is 370 g/mol. The monoisotopic (exact) mass is 395 g/mol. The van der Waals surface area contributed by atoms with Gasteiger partial charge in [0.2, 0.25) is 0 Å². The highest BCUT2D eigenvalue weighted by Gasteiger charge is 2.13. The van der Waals surface area contributed by atoms with Gasteiger partial charge >= 0.3 is 0 Å². The van der Waals surface area contributed by atoms with E-state index in [1.807, 2.05) is 44.2 Å². The summed E-state index contributed by atoms with van der Waals surface area (Å²) in [5.74, 6) is 1.31. The molecule has 3 rings (SSSR count). The lowest BCUT2D eigenvalue weighted by Crippen LogP contribution is -2.25. The van der Waals surface area contributed by atoms with Gasteiger partial charge in [0, 0.05) is 11.6 Å². The maximum Gasteiger partial charge on any atom is 0.167 e. The fourth-order valence-corrected chi connectivity index (χ4v) is 2.58. The van der Waals surface area contributed by atoms with Crippen LogP contribution in [0.3, 0.4) is 0 Å². The molecule has 1 heterocycles. The minimum Gasteiger partial charge on any atom is -0.507 e. The van der Waals surface area contributed by atoms with Crippen molar-refractivity contribution in [1.82, 2.24) is 15.0 Å². The van der Waals surface area contributed by atoms with E-state index in [2.05, 4.69) is 15.0 Å². The molecule has 0 aliphatic carbocycles. The highest BCUT2D eigenvalue weighted by atomic mass is 16.5. The Balaban J connectivity index is 1.67. The first-order valence-electron chi connectivity index (χ1n) is 9.57. The van der Waals surface area contributed by atoms with E-state index in [0.717, 1.165) is 12.0 Å². The highest BCUT2D eigenvalue weighted by molar-refractivity contribution is 5.67. The van der Waals surface area contributed by atoms with Gasteiger partial charge in [-0.1, -0.05) is 37.3 Å². The van der Waals surface area contributed by atoms with Crippen LogP contribution >= 0.6 is 0 Å². The average Bonchev–Trinajstić information content (AvgIpc) is 2.76. The molecule has 0 spiro atoms. The number of hydrogen-bond donors (Lipinski definition) is 2. The number of aliphatic hydroxyl groups excluding tert-OH is 1. The summed E-state index contributed by atoms with van der Waals surface area (Å²) in [6.45, 7) is 4.24. The van der Waals surface area contributed by atoms with Gasteiger partial charge in [0.15, 0.2) is 11.6 Å². The predicted octanol–water partition coefficient (Wildman–Crippen LogP) is 3.47. The third-order valence-electron chi connectivity index (χ3n) is 4.40. The lowest BCUT2D eigenvalue weighted by molar-refractivity contribution is -0.0192. The molecule has 0 bridgehead atoms. The molecule has 0 amide bonds. The number of aliphatic hydroxyl groups is 1. The number of benzene rings is 2. The quantitative estimate of drug-likeness (QED) is 0.572. The van der Waals surface area contributed by atoms with Gasteiger partial charge in [0.25, 0.3) is 0 Å². The molecule has 2 N–H and O–H groups in total. The Bertz CT molecular complexity index is 921. The lowest BCUT2D eigenvalue weighted by atomic mass is 10.1. The van der Waals surface area contributed by atoms with Crippen molar-refractivity contribution < 1.29 is 19.7 Å². The maximum absolute atomic E-state index is 10.4. The Morgan fingerprint density at radius 2 is 1.76 bits per heavy atom. The predicted molar refractivity (Wildman–Crippen MR) is 110 cm³/mol. The largest absolute Gasteiger partial charge is 0.507 e. The molecule has 0 aliphatic heterocycles. The molecule has 1 aromatic heterocycles. The third kappa shape index (κ3) is 5.73. The molecule has 2 atom stereocenters. The molecule has 2 unspecified atom stereocenters. The van der Waals surface area contributed by atoms with Crippen LogP contribution < -0.4 is 4.74 Å². The topological polar surface area (TPSA) is 97.6 Å². The molecule has 3 aromatic rings. The van der Waals surface area contributed by atoms with Gasteiger partial charge in [-0.3, -0.25) is 0 Å². The molecule has 0 saturated heterocycles. The van der Waals surface area contributed by atoms with Crippen LogP contribution in [0.5, 0.6) is 11.5 Å². The van der Waals surface area contributed by atoms with E-state index in [1.165, 1.54) is 12.4 Å². The zero-order valence-electron chi connectivity index (χ0n) is 16.5. The van der Waals surface area contributed by atoms with Crippen LogP contribution in [0, 0.1) is 0 Å². The van der Waals surface area contributed by atoms with Crippen LogP contribution in [-0.4, -0.2) is 50.6 Å². The van der Waals surface area contributed by atoms with Crippen molar-refractivity contribution in [1.29, 1.82) is 0 Å². The van der Waals surface area contributed by atoms with Gasteiger partial charge in [-0.25, -0.2) is 15.0 Å². The van der Waals surface area contributed by atoms with Crippen molar-refractivity contribution in [3.63, 3.8) is 0 Å². The first-order chi connectivity index (χ1) is 14.1. The number of rotatable bonds is 9. The van der Waals surface area contributed by atoms with Gasteiger partial charge in [0.1, 0.15) is 30.5 Å². The average molecular weight is 395 g/mol. The number of aromatic nitrogens is 3. The summed E-state index contributed by atoms with van der Waals surface area (Å²) < 4.78 is 11.0. The summed E-state index contributed by atoms with van der Waals surface area (Å²) in [6.07, 6.45) is 1.64. The van der Waals surface area contributed by atoms with Gasteiger partial charge in [-0.05, 0) is 25.5 Å². The van der Waals surface area contributed by atoms with E-state index in [-0.39, 0.29) is 25.1 Å². The van der Waals surface area contributed by atoms with Crippen LogP contribution in [0.1, 0.15) is 20.3 Å². The standard InChI is InChI=1S/C22H25N3O4/c1-3-15(2)28-12-17(26)13-29-18-9-10-19(20(27)11-18)22-24-14-23-21(25-22)16-7-5-4-6-8-16/h4-11,14-15,17,26-27H,3,12-13H2,1-2H3. The van der Waals surface area contributed by atoms with Gasteiger partial charge < -0.3 is 19.7 Å². The Kier molecular flexibility index (Phi) is 7.10. The Hall–Kier alpha value is -3.03. The van der Waals surface area contributed by atoms with Crippen molar-refractivity contribution >= 4 is 0 Å². The number of phenols is 1. The first kappa shape index (κ1) is 20.7. The Morgan fingerprint density at radius 1 is 1.00 bits per heavy atom. The minimum absolute atomic E-state index is 0.0157. The fraction of sp³-hybridized carbons (Fsp3) is 0.318. The van der Waals surface area contributed by atoms with Crippen molar-refractivity contribution in [2.45, 2.75) is 32.5 Å². The molecular formula is C22H25N3O4. The number of phenolic OH excluding ortho intramolecular Hbond substituents is 1. The molecule has 0 fully saturated rings. The molecule has 0 saturated carbocycles. The van der Waals surface area contributed by atoms with Crippen LogP contribution in [-0.2, 0) is 4.74 Å². The second kappa shape index (κ2) is 9.95. The third-order valence-corrected chi connectivity index (χ3v) is 4.40. The SMILES string of the molecule is CCC(C)OCC(O)COc1ccc(-c2ncnc(-c3ccccc3)n2)c(O)c1. The summed E-state index contributed by atoms with van der Waals surface area (Å²) in [6, 6.07) is 14.4. The van der Waals surface area contributed by atoms with Gasteiger partial charge in [0.05, 0.1) is 18.3 Å². The molecule has 0 radical (unpaired) electrons. The smallest absolute Gasteiger partial charge is 0.167 e. The maximum atomic E-state index is 10.4. The summed E-state index contributed by atoms with van der Waals surface area (Å²) in [5.41, 5.74) is 1.33. The van der Waals surface area contributed by atoms with Crippen molar-refractivity contribution in [3.05, 3.63) is 54.9 Å². The van der Waals surface area contributed by atoms with Crippen molar-refractivity contribution in [3.8, 4) is 34.3 Å². The molecule has 2 aromatic carbocycles. The van der Waals surface area contributed by atoms with Crippen LogP contribution in [0.2, 0.25) is 0 Å². The fourth-order valence-electron chi connectivity index (χ4n) is 2.58. The number of nitrogens with zero attached hydrogens (tertiary/aromatic N) is 3. The van der Waals surface area contributed by atoms with Crippen LogP contribution in [0.25, 0.3) is 22.8 Å². The van der Waals surface area contributed by atoms with Gasteiger partial charge in [-0.15, -0.1) is 0 Å². The summed E-state index contributed by atoms with van der Waals surface area (Å²) >= 11 is 0. The molecule has 29 heavy (non-hydrogen) atoms. The Morgan fingerprint density at radius 3 is 2.48 bits per heavy atom. The first-order valence-corrected chi connectivity index (χ1v) is 9.57. The van der Waals surface area contributed by atoms with Crippen molar-refractivity contribution in [2.75, 3.05) is 13.2 Å². The number of hydrogen-bond acceptors (Lipinski definition) is 7. The van der Waals surface area contributed by atoms with Crippen molar-refractivity contribution in [2.24, 2.45) is 0 Å². The summed E-state index contributed by atoms with van der Waals surface area (Å²) in [4.78, 5) is 12.8. The molecule has 7 nitrogen and oxygen atoms in total. The second-order valence-corrected chi connectivity index (χ2v) is 6.69. The second-order valence-electron chi connectivity index (χ2n) is 6.69.